The highest BCUT2D eigenvalue weighted by Gasteiger charge is 2.03. The molecule has 106 valence electrons. The SMILES string of the molecule is CCCc1nc(NC)cc(NCc2ccc(C)cc2)n1. The second-order valence-corrected chi connectivity index (χ2v) is 4.89. The zero-order valence-electron chi connectivity index (χ0n) is 12.4. The summed E-state index contributed by atoms with van der Waals surface area (Å²) >= 11 is 0. The molecule has 0 aliphatic rings. The molecule has 0 spiro atoms. The van der Waals surface area contributed by atoms with Gasteiger partial charge in [-0.3, -0.25) is 0 Å². The molecule has 0 saturated heterocycles. The van der Waals surface area contributed by atoms with Crippen molar-refractivity contribution in [2.24, 2.45) is 0 Å². The second-order valence-electron chi connectivity index (χ2n) is 4.89. The van der Waals surface area contributed by atoms with Crippen LogP contribution >= 0.6 is 0 Å². The molecule has 0 aliphatic carbocycles. The molecule has 2 aromatic rings. The first kappa shape index (κ1) is 14.3. The molecule has 0 bridgehead atoms. The van der Waals surface area contributed by atoms with Gasteiger partial charge >= 0.3 is 0 Å². The molecular weight excluding hydrogens is 248 g/mol. The third kappa shape index (κ3) is 3.95. The molecule has 4 nitrogen and oxygen atoms in total. The Balaban J connectivity index is 2.07. The van der Waals surface area contributed by atoms with E-state index in [0.717, 1.165) is 36.8 Å². The molecule has 0 unspecified atom stereocenters. The van der Waals surface area contributed by atoms with Crippen LogP contribution in [0.3, 0.4) is 0 Å². The maximum absolute atomic E-state index is 4.54. The fraction of sp³-hybridized carbons (Fsp3) is 0.375. The van der Waals surface area contributed by atoms with Gasteiger partial charge in [0.1, 0.15) is 17.5 Å². The van der Waals surface area contributed by atoms with Crippen molar-refractivity contribution in [1.29, 1.82) is 0 Å². The first-order valence-corrected chi connectivity index (χ1v) is 7.06. The van der Waals surface area contributed by atoms with Crippen molar-refractivity contribution < 1.29 is 0 Å². The molecule has 0 radical (unpaired) electrons. The highest BCUT2D eigenvalue weighted by atomic mass is 15.1. The van der Waals surface area contributed by atoms with Gasteiger partial charge in [0.05, 0.1) is 0 Å². The molecule has 0 amide bonds. The predicted octanol–water partition coefficient (Wildman–Crippen LogP) is 3.39. The molecule has 1 aromatic heterocycles. The van der Waals surface area contributed by atoms with Gasteiger partial charge < -0.3 is 10.6 Å². The fourth-order valence-corrected chi connectivity index (χ4v) is 1.95. The van der Waals surface area contributed by atoms with E-state index in [1.165, 1.54) is 11.1 Å². The summed E-state index contributed by atoms with van der Waals surface area (Å²) in [5, 5.41) is 6.44. The van der Waals surface area contributed by atoms with Crippen LogP contribution in [0.5, 0.6) is 0 Å². The smallest absolute Gasteiger partial charge is 0.133 e. The molecule has 2 rings (SSSR count). The van der Waals surface area contributed by atoms with E-state index in [-0.39, 0.29) is 0 Å². The molecule has 1 aromatic carbocycles. The summed E-state index contributed by atoms with van der Waals surface area (Å²) < 4.78 is 0. The van der Waals surface area contributed by atoms with Crippen LogP contribution in [-0.2, 0) is 13.0 Å². The summed E-state index contributed by atoms with van der Waals surface area (Å²) in [6.07, 6.45) is 1.94. The van der Waals surface area contributed by atoms with Crippen LogP contribution in [0.4, 0.5) is 11.6 Å². The number of rotatable bonds is 6. The van der Waals surface area contributed by atoms with Crippen molar-refractivity contribution in [3.05, 3.63) is 47.3 Å². The van der Waals surface area contributed by atoms with Crippen LogP contribution in [0.25, 0.3) is 0 Å². The maximum Gasteiger partial charge on any atom is 0.133 e. The Morgan fingerprint density at radius 1 is 1.05 bits per heavy atom. The molecule has 0 saturated carbocycles. The minimum absolute atomic E-state index is 0.770. The van der Waals surface area contributed by atoms with E-state index in [9.17, 15) is 0 Å². The van der Waals surface area contributed by atoms with E-state index in [1.54, 1.807) is 0 Å². The summed E-state index contributed by atoms with van der Waals surface area (Å²) in [5.41, 5.74) is 2.52. The van der Waals surface area contributed by atoms with Gasteiger partial charge in [-0.2, -0.15) is 0 Å². The normalized spacial score (nSPS) is 10.3. The van der Waals surface area contributed by atoms with Crippen molar-refractivity contribution in [2.75, 3.05) is 17.7 Å². The Bertz CT molecular complexity index is 549. The molecule has 1 heterocycles. The average Bonchev–Trinajstić information content (AvgIpc) is 2.47. The monoisotopic (exact) mass is 270 g/mol. The summed E-state index contributed by atoms with van der Waals surface area (Å²) in [7, 11) is 1.88. The fourth-order valence-electron chi connectivity index (χ4n) is 1.95. The van der Waals surface area contributed by atoms with Gasteiger partial charge in [-0.25, -0.2) is 9.97 Å². The average molecular weight is 270 g/mol. The lowest BCUT2D eigenvalue weighted by Gasteiger charge is -2.10. The van der Waals surface area contributed by atoms with Gasteiger partial charge in [-0.05, 0) is 18.9 Å². The van der Waals surface area contributed by atoms with Crippen molar-refractivity contribution in [3.63, 3.8) is 0 Å². The summed E-state index contributed by atoms with van der Waals surface area (Å²) in [4.78, 5) is 8.99. The lowest BCUT2D eigenvalue weighted by molar-refractivity contribution is 0.835. The number of aromatic nitrogens is 2. The Kier molecular flexibility index (Phi) is 4.93. The number of hydrogen-bond donors (Lipinski definition) is 2. The number of nitrogens with one attached hydrogen (secondary N) is 2. The van der Waals surface area contributed by atoms with Crippen LogP contribution in [0, 0.1) is 6.92 Å². The first-order chi connectivity index (χ1) is 9.71. The molecule has 4 heteroatoms. The van der Waals surface area contributed by atoms with Crippen molar-refractivity contribution in [1.82, 2.24) is 9.97 Å². The zero-order valence-corrected chi connectivity index (χ0v) is 12.4. The van der Waals surface area contributed by atoms with Gasteiger partial charge in [0.2, 0.25) is 0 Å². The van der Waals surface area contributed by atoms with Crippen LogP contribution in [-0.4, -0.2) is 17.0 Å². The van der Waals surface area contributed by atoms with E-state index in [4.69, 9.17) is 0 Å². The number of nitrogens with zero attached hydrogens (tertiary/aromatic N) is 2. The lowest BCUT2D eigenvalue weighted by Crippen LogP contribution is -2.06. The maximum atomic E-state index is 4.54. The minimum atomic E-state index is 0.770. The largest absolute Gasteiger partial charge is 0.373 e. The van der Waals surface area contributed by atoms with Crippen LogP contribution in [0.15, 0.2) is 30.3 Å². The van der Waals surface area contributed by atoms with E-state index < -0.39 is 0 Å². The third-order valence-electron chi connectivity index (χ3n) is 3.10. The molecule has 20 heavy (non-hydrogen) atoms. The van der Waals surface area contributed by atoms with Crippen LogP contribution in [0.2, 0.25) is 0 Å². The van der Waals surface area contributed by atoms with E-state index in [0.29, 0.717) is 0 Å². The molecular formula is C16H22N4. The zero-order chi connectivity index (χ0) is 14.4. The summed E-state index contributed by atoms with van der Waals surface area (Å²) in [5.74, 6) is 2.61. The van der Waals surface area contributed by atoms with Gasteiger partial charge in [0.15, 0.2) is 0 Å². The Morgan fingerprint density at radius 3 is 2.40 bits per heavy atom. The first-order valence-electron chi connectivity index (χ1n) is 7.06. The third-order valence-corrected chi connectivity index (χ3v) is 3.10. The number of anilines is 2. The Labute approximate surface area is 120 Å². The second kappa shape index (κ2) is 6.89. The molecule has 0 atom stereocenters. The Hall–Kier alpha value is -2.10. The molecule has 0 aliphatic heterocycles. The van der Waals surface area contributed by atoms with Crippen molar-refractivity contribution >= 4 is 11.6 Å². The molecule has 0 fully saturated rings. The minimum Gasteiger partial charge on any atom is -0.373 e. The molecule has 2 N–H and O–H groups in total. The van der Waals surface area contributed by atoms with E-state index in [1.807, 2.05) is 13.1 Å². The van der Waals surface area contributed by atoms with Gasteiger partial charge in [-0.1, -0.05) is 36.8 Å². The highest BCUT2D eigenvalue weighted by molar-refractivity contribution is 5.47. The van der Waals surface area contributed by atoms with Gasteiger partial charge in [0.25, 0.3) is 0 Å². The van der Waals surface area contributed by atoms with Crippen molar-refractivity contribution in [2.45, 2.75) is 33.2 Å². The van der Waals surface area contributed by atoms with Crippen LogP contribution in [0.1, 0.15) is 30.3 Å². The summed E-state index contributed by atoms with van der Waals surface area (Å²) in [6.45, 7) is 5.00. The number of hydrogen-bond acceptors (Lipinski definition) is 4. The predicted molar refractivity (Wildman–Crippen MR) is 84.1 cm³/mol. The van der Waals surface area contributed by atoms with Crippen LogP contribution < -0.4 is 10.6 Å². The number of aryl methyl sites for hydroxylation is 2. The van der Waals surface area contributed by atoms with E-state index in [2.05, 4.69) is 58.7 Å². The topological polar surface area (TPSA) is 49.8 Å². The van der Waals surface area contributed by atoms with E-state index >= 15 is 0 Å². The quantitative estimate of drug-likeness (QED) is 0.844. The van der Waals surface area contributed by atoms with Gasteiger partial charge in [-0.15, -0.1) is 0 Å². The standard InChI is InChI=1S/C16H22N4/c1-4-5-14-19-15(17-3)10-16(20-14)18-11-13-8-6-12(2)7-9-13/h6-10H,4-5,11H2,1-3H3,(H2,17,18,19,20). The highest BCUT2D eigenvalue weighted by Crippen LogP contribution is 2.13. The summed E-state index contributed by atoms with van der Waals surface area (Å²) in [6, 6.07) is 10.5. The Morgan fingerprint density at radius 2 is 1.75 bits per heavy atom. The van der Waals surface area contributed by atoms with Crippen molar-refractivity contribution in [3.8, 4) is 0 Å². The number of benzene rings is 1. The van der Waals surface area contributed by atoms with Gasteiger partial charge in [0, 0.05) is 26.1 Å². The lowest BCUT2D eigenvalue weighted by atomic mass is 10.1.